The average molecular weight is 515 g/mol. The minimum absolute atomic E-state index is 0.0256. The normalized spacial score (nSPS) is 12.9. The Morgan fingerprint density at radius 3 is 2.44 bits per heavy atom. The van der Waals surface area contributed by atoms with Crippen molar-refractivity contribution < 1.29 is 23.5 Å². The topological polar surface area (TPSA) is 97.6 Å². The van der Waals surface area contributed by atoms with E-state index in [1.807, 2.05) is 57.2 Å². The van der Waals surface area contributed by atoms with Crippen LogP contribution in [-0.4, -0.2) is 42.5 Å². The molecule has 0 spiro atoms. The number of carbonyl (C=O) groups is 3. The van der Waals surface area contributed by atoms with Gasteiger partial charge in [-0.25, -0.2) is 0 Å². The number of Topliss-reactive ketones (excluding diaryl/α,β-unsaturated/α-hetero) is 1. The quantitative estimate of drug-likeness (QED) is 0.306. The predicted octanol–water partition coefficient (Wildman–Crippen LogP) is 5.01. The number of ketones is 1. The Bertz CT molecular complexity index is 970. The number of benzene rings is 1. The third-order valence-electron chi connectivity index (χ3n) is 5.50. The highest BCUT2D eigenvalue weighted by molar-refractivity contribution is 7.99. The van der Waals surface area contributed by atoms with Crippen LogP contribution in [0.4, 0.5) is 0 Å². The summed E-state index contributed by atoms with van der Waals surface area (Å²) in [5.41, 5.74) is 0.841. The zero-order valence-corrected chi connectivity index (χ0v) is 22.4. The van der Waals surface area contributed by atoms with Gasteiger partial charge in [0.2, 0.25) is 11.8 Å². The van der Waals surface area contributed by atoms with Crippen molar-refractivity contribution in [1.82, 2.24) is 10.6 Å². The Morgan fingerprint density at radius 2 is 1.83 bits per heavy atom. The van der Waals surface area contributed by atoms with E-state index in [0.29, 0.717) is 18.6 Å². The van der Waals surface area contributed by atoms with Crippen LogP contribution in [0.2, 0.25) is 0 Å². The summed E-state index contributed by atoms with van der Waals surface area (Å²) in [5, 5.41) is 5.73. The summed E-state index contributed by atoms with van der Waals surface area (Å²) in [6.45, 7) is 6.03. The van der Waals surface area contributed by atoms with Gasteiger partial charge >= 0.3 is 0 Å². The predicted molar refractivity (Wildman–Crippen MR) is 145 cm³/mol. The van der Waals surface area contributed by atoms with Crippen LogP contribution in [0.25, 0.3) is 6.08 Å². The third-order valence-corrected chi connectivity index (χ3v) is 6.48. The van der Waals surface area contributed by atoms with Gasteiger partial charge in [0.05, 0.1) is 30.9 Å². The van der Waals surface area contributed by atoms with E-state index in [2.05, 4.69) is 10.6 Å². The van der Waals surface area contributed by atoms with Gasteiger partial charge in [0.1, 0.15) is 17.6 Å². The highest BCUT2D eigenvalue weighted by Gasteiger charge is 2.26. The number of unbranched alkanes of at least 4 members (excludes halogenated alkanes) is 1. The lowest BCUT2D eigenvalue weighted by Crippen LogP contribution is -2.52. The Hall–Kier alpha value is -3.00. The van der Waals surface area contributed by atoms with Gasteiger partial charge < -0.3 is 19.8 Å². The van der Waals surface area contributed by atoms with Crippen molar-refractivity contribution in [2.24, 2.45) is 5.92 Å². The van der Waals surface area contributed by atoms with E-state index < -0.39 is 12.1 Å². The lowest BCUT2D eigenvalue weighted by atomic mass is 10.0. The molecule has 0 fully saturated rings. The molecule has 2 N–H and O–H groups in total. The summed E-state index contributed by atoms with van der Waals surface area (Å²) in [6.07, 6.45) is 7.48. The summed E-state index contributed by atoms with van der Waals surface area (Å²) in [4.78, 5) is 38.7. The average Bonchev–Trinajstić information content (AvgIpc) is 3.38. The van der Waals surface area contributed by atoms with E-state index in [4.69, 9.17) is 9.15 Å². The van der Waals surface area contributed by atoms with Crippen molar-refractivity contribution in [2.45, 2.75) is 64.3 Å². The molecule has 0 saturated heterocycles. The number of hydrogen-bond donors (Lipinski definition) is 2. The number of thioether (sulfide) groups is 1. The maximum absolute atomic E-state index is 13.2. The third kappa shape index (κ3) is 10.7. The summed E-state index contributed by atoms with van der Waals surface area (Å²) in [7, 11) is 1.60. The first-order chi connectivity index (χ1) is 17.3. The minimum atomic E-state index is -0.731. The lowest BCUT2D eigenvalue weighted by molar-refractivity contribution is -0.130. The Kier molecular flexibility index (Phi) is 12.9. The van der Waals surface area contributed by atoms with Crippen molar-refractivity contribution in [3.8, 4) is 5.75 Å². The molecule has 0 saturated carbocycles. The van der Waals surface area contributed by atoms with Crippen molar-refractivity contribution in [1.29, 1.82) is 0 Å². The van der Waals surface area contributed by atoms with Gasteiger partial charge in [0.25, 0.3) is 0 Å². The summed E-state index contributed by atoms with van der Waals surface area (Å²) < 4.78 is 10.5. The first kappa shape index (κ1) is 29.2. The zero-order valence-electron chi connectivity index (χ0n) is 21.6. The Balaban J connectivity index is 1.98. The highest BCUT2D eigenvalue weighted by Crippen LogP contribution is 2.15. The first-order valence-electron chi connectivity index (χ1n) is 12.4. The molecule has 196 valence electrons. The van der Waals surface area contributed by atoms with Crippen LogP contribution in [0.15, 0.2) is 53.2 Å². The minimum Gasteiger partial charge on any atom is -0.497 e. The molecule has 1 aromatic carbocycles. The monoisotopic (exact) mass is 514 g/mol. The van der Waals surface area contributed by atoms with E-state index in [1.165, 1.54) is 17.8 Å². The standard InChI is InChI=1S/C28H38N2O5S/c1-5-6-9-24(26(31)19-36-18-23-8-7-16-35-23)30-28(33)25(17-20(2)3)29-27(32)15-12-21-10-13-22(34-4)14-11-21/h7-8,10-16,20,24-25H,5-6,9,17-19H2,1-4H3,(H,29,32)(H,30,33)/b15-12+/t24-,25-/m0/s1. The fourth-order valence-electron chi connectivity index (χ4n) is 3.55. The van der Waals surface area contributed by atoms with Crippen molar-refractivity contribution in [3.05, 3.63) is 60.1 Å². The highest BCUT2D eigenvalue weighted by atomic mass is 32.2. The first-order valence-corrected chi connectivity index (χ1v) is 13.5. The smallest absolute Gasteiger partial charge is 0.244 e. The van der Waals surface area contributed by atoms with Crippen LogP contribution in [0, 0.1) is 5.92 Å². The van der Waals surface area contributed by atoms with E-state index in [9.17, 15) is 14.4 Å². The molecule has 0 aliphatic carbocycles. The SMILES string of the molecule is CCCC[C@H](NC(=O)[C@H](CC(C)C)NC(=O)/C=C/c1ccc(OC)cc1)C(=O)CSCc1ccco1. The van der Waals surface area contributed by atoms with Crippen LogP contribution >= 0.6 is 11.8 Å². The second-order valence-electron chi connectivity index (χ2n) is 9.04. The zero-order chi connectivity index (χ0) is 26.3. The second kappa shape index (κ2) is 15.9. The maximum atomic E-state index is 13.2. The van der Waals surface area contributed by atoms with E-state index in [-0.39, 0.29) is 29.3 Å². The Morgan fingerprint density at radius 1 is 1.08 bits per heavy atom. The van der Waals surface area contributed by atoms with Crippen LogP contribution < -0.4 is 15.4 Å². The summed E-state index contributed by atoms with van der Waals surface area (Å²) in [6, 6.07) is 9.69. The van der Waals surface area contributed by atoms with E-state index >= 15 is 0 Å². The van der Waals surface area contributed by atoms with Crippen molar-refractivity contribution in [3.63, 3.8) is 0 Å². The number of ether oxygens (including phenoxy) is 1. The number of furan rings is 1. The molecule has 0 bridgehead atoms. The number of methoxy groups -OCH3 is 1. The molecule has 2 amide bonds. The molecule has 8 heteroatoms. The van der Waals surface area contributed by atoms with Gasteiger partial charge in [-0.1, -0.05) is 45.7 Å². The molecule has 0 radical (unpaired) electrons. The molecule has 2 atom stereocenters. The molecule has 7 nitrogen and oxygen atoms in total. The fourth-order valence-corrected chi connectivity index (χ4v) is 4.42. The molecule has 0 aliphatic rings. The second-order valence-corrected chi connectivity index (χ2v) is 10.0. The Labute approximate surface area is 218 Å². The van der Waals surface area contributed by atoms with Gasteiger partial charge in [0.15, 0.2) is 5.78 Å². The molecule has 0 unspecified atom stereocenters. The van der Waals surface area contributed by atoms with Gasteiger partial charge in [0, 0.05) is 6.08 Å². The van der Waals surface area contributed by atoms with Gasteiger partial charge in [-0.05, 0) is 54.7 Å². The number of carbonyl (C=O) groups excluding carboxylic acids is 3. The van der Waals surface area contributed by atoms with Crippen molar-refractivity contribution >= 4 is 35.4 Å². The molecule has 1 heterocycles. The maximum Gasteiger partial charge on any atom is 0.244 e. The van der Waals surface area contributed by atoms with Crippen LogP contribution in [0.5, 0.6) is 5.75 Å². The van der Waals surface area contributed by atoms with Crippen molar-refractivity contribution in [2.75, 3.05) is 12.9 Å². The lowest BCUT2D eigenvalue weighted by Gasteiger charge is -2.23. The number of nitrogens with one attached hydrogen (secondary N) is 2. The molecule has 2 aromatic rings. The summed E-state index contributed by atoms with van der Waals surface area (Å²) in [5.74, 6) is 1.88. The molecule has 0 aliphatic heterocycles. The largest absolute Gasteiger partial charge is 0.497 e. The molecule has 36 heavy (non-hydrogen) atoms. The van der Waals surface area contributed by atoms with Gasteiger partial charge in [-0.3, -0.25) is 14.4 Å². The summed E-state index contributed by atoms with van der Waals surface area (Å²) >= 11 is 1.46. The molecular weight excluding hydrogens is 476 g/mol. The van der Waals surface area contributed by atoms with E-state index in [0.717, 1.165) is 29.9 Å². The van der Waals surface area contributed by atoms with Crippen LogP contribution in [0.3, 0.4) is 0 Å². The van der Waals surface area contributed by atoms with Crippen LogP contribution in [0.1, 0.15) is 57.8 Å². The number of hydrogen-bond acceptors (Lipinski definition) is 6. The van der Waals surface area contributed by atoms with Gasteiger partial charge in [-0.2, -0.15) is 0 Å². The molecule has 2 rings (SSSR count). The number of amides is 2. The number of rotatable bonds is 16. The van der Waals surface area contributed by atoms with Gasteiger partial charge in [-0.15, -0.1) is 11.8 Å². The fraction of sp³-hybridized carbons (Fsp3) is 0.464. The van der Waals surface area contributed by atoms with E-state index in [1.54, 1.807) is 19.4 Å². The van der Waals surface area contributed by atoms with Crippen LogP contribution in [-0.2, 0) is 20.1 Å². The molecular formula is C28H38N2O5S. The molecule has 1 aromatic heterocycles.